The van der Waals surface area contributed by atoms with E-state index in [1.54, 1.807) is 11.5 Å². The Kier molecular flexibility index (Phi) is 4.14. The summed E-state index contributed by atoms with van der Waals surface area (Å²) in [6, 6.07) is 9.11. The fourth-order valence-electron chi connectivity index (χ4n) is 2.92. The van der Waals surface area contributed by atoms with Gasteiger partial charge >= 0.3 is 0 Å². The van der Waals surface area contributed by atoms with Crippen molar-refractivity contribution < 1.29 is 9.59 Å². The van der Waals surface area contributed by atoms with Crippen molar-refractivity contribution in [2.24, 2.45) is 0 Å². The van der Waals surface area contributed by atoms with Gasteiger partial charge in [0.1, 0.15) is 6.04 Å². The van der Waals surface area contributed by atoms with Crippen LogP contribution in [0, 0.1) is 6.92 Å². The Hall–Kier alpha value is -2.63. The summed E-state index contributed by atoms with van der Waals surface area (Å²) in [4.78, 5) is 35.5. The Morgan fingerprint density at radius 3 is 2.87 bits per heavy atom. The van der Waals surface area contributed by atoms with Gasteiger partial charge in [-0.2, -0.15) is 0 Å². The molecule has 0 radical (unpaired) electrons. The smallest absolute Gasteiger partial charge is 0.254 e. The van der Waals surface area contributed by atoms with Gasteiger partial charge in [-0.1, -0.05) is 18.2 Å². The first-order valence-electron chi connectivity index (χ1n) is 7.72. The highest BCUT2D eigenvalue weighted by Gasteiger charge is 2.26. The van der Waals surface area contributed by atoms with Gasteiger partial charge in [0.25, 0.3) is 5.56 Å². The second-order valence-electron chi connectivity index (χ2n) is 5.79. The minimum absolute atomic E-state index is 0.0490. The molecular weight excluding hydrogens is 294 g/mol. The van der Waals surface area contributed by atoms with Crippen molar-refractivity contribution in [3.05, 3.63) is 46.2 Å². The molecule has 0 spiro atoms. The van der Waals surface area contributed by atoms with Gasteiger partial charge in [-0.3, -0.25) is 14.4 Å². The third-order valence-electron chi connectivity index (χ3n) is 4.13. The molecule has 6 nitrogen and oxygen atoms in total. The van der Waals surface area contributed by atoms with E-state index in [1.165, 1.54) is 0 Å². The Balaban J connectivity index is 1.72. The van der Waals surface area contributed by atoms with Crippen molar-refractivity contribution in [1.82, 2.24) is 15.2 Å². The summed E-state index contributed by atoms with van der Waals surface area (Å²) >= 11 is 0. The summed E-state index contributed by atoms with van der Waals surface area (Å²) < 4.78 is 1.68. The second-order valence-corrected chi connectivity index (χ2v) is 5.79. The fourth-order valence-corrected chi connectivity index (χ4v) is 2.92. The lowest BCUT2D eigenvalue weighted by Gasteiger charge is -2.14. The van der Waals surface area contributed by atoms with E-state index in [0.29, 0.717) is 31.5 Å². The van der Waals surface area contributed by atoms with Gasteiger partial charge in [0.15, 0.2) is 0 Å². The molecule has 23 heavy (non-hydrogen) atoms. The van der Waals surface area contributed by atoms with E-state index in [9.17, 15) is 14.4 Å². The molecule has 0 bridgehead atoms. The van der Waals surface area contributed by atoms with Crippen LogP contribution in [-0.4, -0.2) is 29.0 Å². The Morgan fingerprint density at radius 2 is 2.13 bits per heavy atom. The van der Waals surface area contributed by atoms with Crippen LogP contribution in [0.25, 0.3) is 10.9 Å². The molecule has 1 unspecified atom stereocenters. The predicted molar refractivity (Wildman–Crippen MR) is 87.1 cm³/mol. The molecule has 1 aromatic heterocycles. The molecule has 3 rings (SSSR count). The molecule has 120 valence electrons. The molecule has 2 heterocycles. The Bertz CT molecular complexity index is 825. The average molecular weight is 313 g/mol. The zero-order chi connectivity index (χ0) is 16.4. The minimum atomic E-state index is -0.450. The average Bonchev–Trinajstić information content (AvgIpc) is 2.97. The van der Waals surface area contributed by atoms with Gasteiger partial charge in [0.2, 0.25) is 11.8 Å². The topological polar surface area (TPSA) is 80.2 Å². The normalized spacial score (nSPS) is 17.3. The monoisotopic (exact) mass is 313 g/mol. The largest absolute Gasteiger partial charge is 0.353 e. The quantitative estimate of drug-likeness (QED) is 0.872. The SMILES string of the molecule is Cc1cc2ccccc2n(CCNC(=O)C2CCC(=O)N2)c1=O. The molecule has 1 saturated heterocycles. The molecular formula is C17H19N3O3. The van der Waals surface area contributed by atoms with Crippen molar-refractivity contribution in [2.45, 2.75) is 32.4 Å². The number of rotatable bonds is 4. The van der Waals surface area contributed by atoms with Crippen molar-refractivity contribution in [3.63, 3.8) is 0 Å². The van der Waals surface area contributed by atoms with Crippen molar-refractivity contribution in [1.29, 1.82) is 0 Å². The Morgan fingerprint density at radius 1 is 1.35 bits per heavy atom. The van der Waals surface area contributed by atoms with Crippen LogP contribution in [0.3, 0.4) is 0 Å². The van der Waals surface area contributed by atoms with Crippen LogP contribution in [0.5, 0.6) is 0 Å². The van der Waals surface area contributed by atoms with Crippen molar-refractivity contribution in [3.8, 4) is 0 Å². The number of aryl methyl sites for hydroxylation is 1. The summed E-state index contributed by atoms with van der Waals surface area (Å²) in [6.07, 6.45) is 0.915. The lowest BCUT2D eigenvalue weighted by Crippen LogP contribution is -2.43. The summed E-state index contributed by atoms with van der Waals surface area (Å²) in [5.41, 5.74) is 1.48. The van der Waals surface area contributed by atoms with E-state index in [0.717, 1.165) is 10.9 Å². The number of carbonyl (C=O) groups is 2. The van der Waals surface area contributed by atoms with Crippen LogP contribution in [0.15, 0.2) is 35.1 Å². The lowest BCUT2D eigenvalue weighted by molar-refractivity contribution is -0.125. The zero-order valence-corrected chi connectivity index (χ0v) is 13.0. The van der Waals surface area contributed by atoms with Crippen molar-refractivity contribution in [2.75, 3.05) is 6.54 Å². The van der Waals surface area contributed by atoms with Crippen molar-refractivity contribution >= 4 is 22.7 Å². The molecule has 1 atom stereocenters. The lowest BCUT2D eigenvalue weighted by atomic mass is 10.1. The van der Waals surface area contributed by atoms with Gasteiger partial charge in [-0.15, -0.1) is 0 Å². The van der Waals surface area contributed by atoms with E-state index >= 15 is 0 Å². The zero-order valence-electron chi connectivity index (χ0n) is 13.0. The maximum Gasteiger partial charge on any atom is 0.254 e. The first-order chi connectivity index (χ1) is 11.1. The molecule has 1 aromatic carbocycles. The van der Waals surface area contributed by atoms with E-state index < -0.39 is 6.04 Å². The van der Waals surface area contributed by atoms with Crippen LogP contribution in [0.1, 0.15) is 18.4 Å². The first kappa shape index (κ1) is 15.3. The van der Waals surface area contributed by atoms with Gasteiger partial charge in [-0.25, -0.2) is 0 Å². The van der Waals surface area contributed by atoms with Gasteiger partial charge in [0, 0.05) is 25.1 Å². The van der Waals surface area contributed by atoms with E-state index in [4.69, 9.17) is 0 Å². The van der Waals surface area contributed by atoms with E-state index in [2.05, 4.69) is 10.6 Å². The first-order valence-corrected chi connectivity index (χ1v) is 7.72. The molecule has 1 aliphatic rings. The fraction of sp³-hybridized carbons (Fsp3) is 0.353. The van der Waals surface area contributed by atoms with Gasteiger partial charge < -0.3 is 15.2 Å². The standard InChI is InChI=1S/C17H19N3O3/c1-11-10-12-4-2-3-5-14(12)20(17(11)23)9-8-18-16(22)13-6-7-15(21)19-13/h2-5,10,13H,6-9H2,1H3,(H,18,22)(H,19,21). The maximum absolute atomic E-state index is 12.4. The highest BCUT2D eigenvalue weighted by Crippen LogP contribution is 2.12. The highest BCUT2D eigenvalue weighted by molar-refractivity contribution is 5.90. The minimum Gasteiger partial charge on any atom is -0.353 e. The summed E-state index contributed by atoms with van der Waals surface area (Å²) in [7, 11) is 0. The summed E-state index contributed by atoms with van der Waals surface area (Å²) in [5.74, 6) is -0.285. The van der Waals surface area contributed by atoms with Crippen LogP contribution < -0.4 is 16.2 Å². The van der Waals surface area contributed by atoms with Gasteiger partial charge in [0.05, 0.1) is 5.52 Å². The number of para-hydroxylation sites is 1. The van der Waals surface area contributed by atoms with Gasteiger partial charge in [-0.05, 0) is 30.9 Å². The Labute approximate surface area is 133 Å². The number of nitrogens with one attached hydrogen (secondary N) is 2. The molecule has 1 fully saturated rings. The number of carbonyl (C=O) groups excluding carboxylic acids is 2. The number of nitrogens with zero attached hydrogens (tertiary/aromatic N) is 1. The van der Waals surface area contributed by atoms with Crippen LogP contribution >= 0.6 is 0 Å². The number of hydrogen-bond acceptors (Lipinski definition) is 3. The molecule has 0 saturated carbocycles. The molecule has 2 N–H and O–H groups in total. The number of aromatic nitrogens is 1. The molecule has 0 aliphatic carbocycles. The van der Waals surface area contributed by atoms with Crippen LogP contribution in [-0.2, 0) is 16.1 Å². The summed E-state index contributed by atoms with van der Waals surface area (Å²) in [6.45, 7) is 2.53. The molecule has 2 amide bonds. The second kappa shape index (κ2) is 6.24. The van der Waals surface area contributed by atoms with Crippen LogP contribution in [0.4, 0.5) is 0 Å². The van der Waals surface area contributed by atoms with E-state index in [-0.39, 0.29) is 17.4 Å². The predicted octanol–water partition coefficient (Wildman–Crippen LogP) is 0.705. The van der Waals surface area contributed by atoms with E-state index in [1.807, 2.05) is 30.3 Å². The number of hydrogen-bond donors (Lipinski definition) is 2. The number of fused-ring (bicyclic) bond motifs is 1. The number of amides is 2. The van der Waals surface area contributed by atoms with Crippen LogP contribution in [0.2, 0.25) is 0 Å². The molecule has 6 heteroatoms. The number of benzene rings is 1. The summed E-state index contributed by atoms with van der Waals surface area (Å²) in [5, 5.41) is 6.42. The third-order valence-corrected chi connectivity index (χ3v) is 4.13. The maximum atomic E-state index is 12.4. The third kappa shape index (κ3) is 3.11. The molecule has 2 aromatic rings. The highest BCUT2D eigenvalue weighted by atomic mass is 16.2. The molecule has 1 aliphatic heterocycles. The number of pyridine rings is 1.